The van der Waals surface area contributed by atoms with Crippen molar-refractivity contribution in [3.05, 3.63) is 29.3 Å². The van der Waals surface area contributed by atoms with Crippen LogP contribution in [-0.4, -0.2) is 43.1 Å². The normalized spacial score (nSPS) is 20.2. The number of hydrogen-bond donors (Lipinski definition) is 0. The number of amides is 1. The lowest BCUT2D eigenvalue weighted by Crippen LogP contribution is -2.35. The summed E-state index contributed by atoms with van der Waals surface area (Å²) in [6, 6.07) is 5.92. The van der Waals surface area contributed by atoms with Gasteiger partial charge in [0, 0.05) is 32.6 Å². The van der Waals surface area contributed by atoms with E-state index in [1.54, 1.807) is 4.90 Å². The molecule has 0 radical (unpaired) electrons. The van der Waals surface area contributed by atoms with Gasteiger partial charge in [-0.15, -0.1) is 6.42 Å². The van der Waals surface area contributed by atoms with Crippen LogP contribution in [-0.2, 0) is 20.8 Å². The first-order chi connectivity index (χ1) is 13.5. The molecule has 0 aromatic heterocycles. The van der Waals surface area contributed by atoms with Gasteiger partial charge in [0.1, 0.15) is 18.5 Å². The lowest BCUT2D eigenvalue weighted by Gasteiger charge is -2.32. The lowest BCUT2D eigenvalue weighted by atomic mass is 10.0. The van der Waals surface area contributed by atoms with E-state index in [1.165, 1.54) is 0 Å². The summed E-state index contributed by atoms with van der Waals surface area (Å²) in [5.74, 6) is 2.67. The monoisotopic (exact) mass is 387 g/mol. The Balaban J connectivity index is 1.44. The SMILES string of the molecule is C#CCOCCCCCCN1C[C@@H](c2ccc3c(c2)COC(C)(C)O3)OC1=O. The largest absolute Gasteiger partial charge is 0.463 e. The van der Waals surface area contributed by atoms with Gasteiger partial charge in [0.2, 0.25) is 5.79 Å². The van der Waals surface area contributed by atoms with Crippen LogP contribution in [0.3, 0.4) is 0 Å². The van der Waals surface area contributed by atoms with Crippen molar-refractivity contribution >= 4 is 6.09 Å². The van der Waals surface area contributed by atoms with Crippen LogP contribution in [0.15, 0.2) is 18.2 Å². The fourth-order valence-corrected chi connectivity index (χ4v) is 3.41. The second kappa shape index (κ2) is 9.31. The molecule has 6 nitrogen and oxygen atoms in total. The Bertz CT molecular complexity index is 724. The summed E-state index contributed by atoms with van der Waals surface area (Å²) >= 11 is 0. The quantitative estimate of drug-likeness (QED) is 0.473. The highest BCUT2D eigenvalue weighted by molar-refractivity contribution is 5.70. The van der Waals surface area contributed by atoms with Crippen molar-refractivity contribution < 1.29 is 23.7 Å². The van der Waals surface area contributed by atoms with Gasteiger partial charge >= 0.3 is 6.09 Å². The molecule has 3 rings (SSSR count). The number of nitrogens with zero attached hydrogens (tertiary/aromatic N) is 1. The van der Waals surface area contributed by atoms with Crippen molar-refractivity contribution in [3.63, 3.8) is 0 Å². The number of fused-ring (bicyclic) bond motifs is 1. The number of ether oxygens (including phenoxy) is 4. The maximum absolute atomic E-state index is 12.2. The molecule has 28 heavy (non-hydrogen) atoms. The molecule has 152 valence electrons. The number of hydrogen-bond acceptors (Lipinski definition) is 5. The van der Waals surface area contributed by atoms with E-state index >= 15 is 0 Å². The van der Waals surface area contributed by atoms with E-state index in [0.29, 0.717) is 32.9 Å². The highest BCUT2D eigenvalue weighted by Crippen LogP contribution is 2.35. The zero-order valence-electron chi connectivity index (χ0n) is 16.7. The molecule has 2 aliphatic rings. The predicted octanol–water partition coefficient (Wildman–Crippen LogP) is 4.04. The molecule has 0 bridgehead atoms. The first-order valence-corrected chi connectivity index (χ1v) is 9.91. The zero-order valence-corrected chi connectivity index (χ0v) is 16.7. The molecule has 0 saturated carbocycles. The van der Waals surface area contributed by atoms with Gasteiger partial charge in [-0.25, -0.2) is 4.79 Å². The van der Waals surface area contributed by atoms with E-state index < -0.39 is 5.79 Å². The first-order valence-electron chi connectivity index (χ1n) is 9.91. The molecule has 2 aliphatic heterocycles. The number of unbranched alkanes of at least 4 members (excludes halogenated alkanes) is 3. The minimum absolute atomic E-state index is 0.242. The van der Waals surface area contributed by atoms with E-state index in [9.17, 15) is 4.79 Å². The number of cyclic esters (lactones) is 1. The molecule has 1 aromatic carbocycles. The number of rotatable bonds is 9. The zero-order chi connectivity index (χ0) is 20.0. The van der Waals surface area contributed by atoms with Gasteiger partial charge in [-0.1, -0.05) is 24.8 Å². The summed E-state index contributed by atoms with van der Waals surface area (Å²) in [5, 5.41) is 0. The van der Waals surface area contributed by atoms with Crippen LogP contribution >= 0.6 is 0 Å². The Morgan fingerprint density at radius 3 is 2.93 bits per heavy atom. The summed E-state index contributed by atoms with van der Waals surface area (Å²) in [6.45, 7) is 6.64. The summed E-state index contributed by atoms with van der Waals surface area (Å²) in [6.07, 6.45) is 8.71. The fraction of sp³-hybridized carbons (Fsp3) is 0.591. The molecule has 6 heteroatoms. The van der Waals surface area contributed by atoms with Gasteiger partial charge in [0.05, 0.1) is 13.2 Å². The van der Waals surface area contributed by atoms with Crippen LogP contribution in [0.4, 0.5) is 4.79 Å². The molecule has 0 spiro atoms. The lowest BCUT2D eigenvalue weighted by molar-refractivity contribution is -0.180. The van der Waals surface area contributed by atoms with Crippen LogP contribution in [0, 0.1) is 12.3 Å². The maximum atomic E-state index is 12.2. The number of terminal acetylenes is 1. The molecule has 1 aromatic rings. The Morgan fingerprint density at radius 1 is 1.29 bits per heavy atom. The summed E-state index contributed by atoms with van der Waals surface area (Å²) < 4.78 is 22.4. The second-order valence-corrected chi connectivity index (χ2v) is 7.65. The summed E-state index contributed by atoms with van der Waals surface area (Å²) in [4.78, 5) is 14.0. The Morgan fingerprint density at radius 2 is 2.11 bits per heavy atom. The molecule has 1 atom stereocenters. The third kappa shape index (κ3) is 5.40. The third-order valence-corrected chi connectivity index (χ3v) is 4.93. The predicted molar refractivity (Wildman–Crippen MR) is 105 cm³/mol. The number of benzene rings is 1. The van der Waals surface area contributed by atoms with Gasteiger partial charge in [0.15, 0.2) is 0 Å². The van der Waals surface area contributed by atoms with E-state index in [1.807, 2.05) is 32.0 Å². The molecule has 0 N–H and O–H groups in total. The average molecular weight is 387 g/mol. The molecule has 1 amide bonds. The molecule has 1 fully saturated rings. The molecular formula is C22H29NO5. The summed E-state index contributed by atoms with van der Waals surface area (Å²) in [5.41, 5.74) is 1.96. The maximum Gasteiger partial charge on any atom is 0.410 e. The fourth-order valence-electron chi connectivity index (χ4n) is 3.41. The standard InChI is InChI=1S/C22H29NO5/c1-4-12-25-13-8-6-5-7-11-23-15-20(27-21(23)24)17-9-10-19-18(14-17)16-26-22(2,3)28-19/h1,9-10,14,20H,5-8,11-13,15-16H2,2-3H3/t20-/m0/s1. The number of carbonyl (C=O) groups excluding carboxylic acids is 1. The highest BCUT2D eigenvalue weighted by atomic mass is 16.7. The van der Waals surface area contributed by atoms with Crippen molar-refractivity contribution in [2.75, 3.05) is 26.3 Å². The van der Waals surface area contributed by atoms with Crippen LogP contribution in [0.2, 0.25) is 0 Å². The van der Waals surface area contributed by atoms with E-state index in [4.69, 9.17) is 25.4 Å². The molecule has 1 saturated heterocycles. The molecule has 0 aliphatic carbocycles. The number of carbonyl (C=O) groups is 1. The van der Waals surface area contributed by atoms with Crippen LogP contribution in [0.5, 0.6) is 5.75 Å². The molecule has 2 heterocycles. The Hall–Kier alpha value is -2.23. The van der Waals surface area contributed by atoms with Crippen LogP contribution in [0.25, 0.3) is 0 Å². The highest BCUT2D eigenvalue weighted by Gasteiger charge is 2.33. The van der Waals surface area contributed by atoms with Gasteiger partial charge in [0.25, 0.3) is 0 Å². The topological polar surface area (TPSA) is 57.2 Å². The average Bonchev–Trinajstić information content (AvgIpc) is 3.03. The summed E-state index contributed by atoms with van der Waals surface area (Å²) in [7, 11) is 0. The van der Waals surface area contributed by atoms with Gasteiger partial charge in [-0.2, -0.15) is 0 Å². The van der Waals surface area contributed by atoms with Crippen molar-refractivity contribution in [2.24, 2.45) is 0 Å². The van der Waals surface area contributed by atoms with Crippen molar-refractivity contribution in [1.82, 2.24) is 4.90 Å². The van der Waals surface area contributed by atoms with Crippen molar-refractivity contribution in [3.8, 4) is 18.1 Å². The smallest absolute Gasteiger partial charge is 0.410 e. The molecular weight excluding hydrogens is 358 g/mol. The second-order valence-electron chi connectivity index (χ2n) is 7.65. The van der Waals surface area contributed by atoms with Crippen molar-refractivity contribution in [1.29, 1.82) is 0 Å². The van der Waals surface area contributed by atoms with Crippen molar-refractivity contribution in [2.45, 2.75) is 58.0 Å². The van der Waals surface area contributed by atoms with Gasteiger partial charge < -0.3 is 23.8 Å². The van der Waals surface area contributed by atoms with Crippen LogP contribution < -0.4 is 4.74 Å². The minimum atomic E-state index is -0.613. The Kier molecular flexibility index (Phi) is 6.82. The molecule has 0 unspecified atom stereocenters. The van der Waals surface area contributed by atoms with Gasteiger partial charge in [-0.3, -0.25) is 0 Å². The minimum Gasteiger partial charge on any atom is -0.463 e. The van der Waals surface area contributed by atoms with E-state index in [2.05, 4.69) is 5.92 Å². The van der Waals surface area contributed by atoms with Gasteiger partial charge in [-0.05, 0) is 30.5 Å². The van der Waals surface area contributed by atoms with Crippen LogP contribution in [0.1, 0.15) is 56.8 Å². The van der Waals surface area contributed by atoms with E-state index in [0.717, 1.165) is 42.6 Å². The third-order valence-electron chi connectivity index (χ3n) is 4.93. The Labute approximate surface area is 167 Å². The van der Waals surface area contributed by atoms with E-state index in [-0.39, 0.29) is 12.2 Å². The first kappa shape index (κ1) is 20.5.